The Kier molecular flexibility index (Phi) is 5.04. The Morgan fingerprint density at radius 3 is 1.97 bits per heavy atom. The van der Waals surface area contributed by atoms with Gasteiger partial charge in [-0.3, -0.25) is 4.79 Å². The summed E-state index contributed by atoms with van der Waals surface area (Å²) in [4.78, 5) is 35.5. The summed E-state index contributed by atoms with van der Waals surface area (Å²) in [5.41, 5.74) is -1.02. The second-order valence-corrected chi connectivity index (χ2v) is 6.47. The molecule has 2 heterocycles. The maximum atomic E-state index is 12.2. The Morgan fingerprint density at radius 1 is 0.875 bits per heavy atom. The van der Waals surface area contributed by atoms with Crippen LogP contribution in [0, 0.1) is 0 Å². The van der Waals surface area contributed by atoms with Crippen LogP contribution in [0.2, 0.25) is 0 Å². The smallest absolute Gasteiger partial charge is 0.409 e. The summed E-state index contributed by atoms with van der Waals surface area (Å²) in [6.45, 7) is -0.522. The van der Waals surface area contributed by atoms with Gasteiger partial charge in [0, 0.05) is 18.1 Å². The molecule has 0 saturated heterocycles. The number of carboxylic acid groups (broad SMARTS) is 2. The van der Waals surface area contributed by atoms with Gasteiger partial charge in [-0.05, 0) is 12.1 Å². The lowest BCUT2D eigenvalue weighted by Crippen LogP contribution is -2.24. The minimum absolute atomic E-state index is 0.0754. The summed E-state index contributed by atoms with van der Waals surface area (Å²) in [6.07, 6.45) is 0. The minimum atomic E-state index is -1.48. The van der Waals surface area contributed by atoms with Gasteiger partial charge in [0.25, 0.3) is 0 Å². The molecule has 2 aliphatic heterocycles. The zero-order chi connectivity index (χ0) is 23.2. The number of hydrogen-bond donors (Lipinski definition) is 2. The first kappa shape index (κ1) is 20.9. The quantitative estimate of drug-likeness (QED) is 0.621. The molecule has 4 rings (SSSR count). The molecule has 0 aromatic heterocycles. The molecule has 0 bridgehead atoms. The van der Waals surface area contributed by atoms with E-state index in [9.17, 15) is 24.6 Å². The topological polar surface area (TPSA) is 156 Å². The van der Waals surface area contributed by atoms with Crippen molar-refractivity contribution in [3.05, 3.63) is 23.3 Å². The highest BCUT2D eigenvalue weighted by Crippen LogP contribution is 2.56. The molecule has 12 nitrogen and oxygen atoms in total. The first-order chi connectivity index (χ1) is 15.3. The van der Waals surface area contributed by atoms with E-state index in [1.165, 1.54) is 20.3 Å². The van der Waals surface area contributed by atoms with Crippen LogP contribution in [0.1, 0.15) is 27.6 Å². The van der Waals surface area contributed by atoms with Gasteiger partial charge in [0.15, 0.2) is 23.0 Å². The molecule has 0 fully saturated rings. The molecule has 32 heavy (non-hydrogen) atoms. The lowest BCUT2D eigenvalue weighted by atomic mass is 9.92. The molecule has 2 aliphatic rings. The summed E-state index contributed by atoms with van der Waals surface area (Å²) >= 11 is 0. The fourth-order valence-electron chi connectivity index (χ4n) is 3.46. The Balaban J connectivity index is 2.05. The van der Waals surface area contributed by atoms with E-state index in [0.29, 0.717) is 0 Å². The van der Waals surface area contributed by atoms with E-state index in [0.717, 1.165) is 13.0 Å². The molecule has 1 atom stereocenters. The number of hydrogen-bond acceptors (Lipinski definition) is 10. The highest BCUT2D eigenvalue weighted by atomic mass is 16.9. The first-order valence-corrected chi connectivity index (χ1v) is 8.99. The van der Waals surface area contributed by atoms with Crippen LogP contribution in [-0.2, 0) is 9.53 Å². The Labute approximate surface area is 179 Å². The van der Waals surface area contributed by atoms with Crippen LogP contribution in [0.5, 0.6) is 34.5 Å². The Bertz CT molecular complexity index is 1150. The van der Waals surface area contributed by atoms with Crippen LogP contribution < -0.4 is 28.4 Å². The average molecular weight is 448 g/mol. The second kappa shape index (κ2) is 7.72. The van der Waals surface area contributed by atoms with Crippen molar-refractivity contribution in [1.29, 1.82) is 0 Å². The van der Waals surface area contributed by atoms with Crippen molar-refractivity contribution in [2.24, 2.45) is 0 Å². The van der Waals surface area contributed by atoms with Gasteiger partial charge >= 0.3 is 24.4 Å². The van der Waals surface area contributed by atoms with Crippen molar-refractivity contribution in [2.45, 2.75) is 13.4 Å². The minimum Gasteiger partial charge on any atom is -0.492 e. The van der Waals surface area contributed by atoms with Gasteiger partial charge < -0.3 is 43.4 Å². The third-order valence-electron chi connectivity index (χ3n) is 4.64. The summed E-state index contributed by atoms with van der Waals surface area (Å²) < 4.78 is 37.2. The van der Waals surface area contributed by atoms with Crippen molar-refractivity contribution in [1.82, 2.24) is 0 Å². The molecule has 0 radical (unpaired) electrons. The molecule has 1 unspecified atom stereocenters. The van der Waals surface area contributed by atoms with E-state index in [2.05, 4.69) is 0 Å². The number of rotatable bonds is 6. The zero-order valence-electron chi connectivity index (χ0n) is 16.9. The highest BCUT2D eigenvalue weighted by Gasteiger charge is 2.38. The van der Waals surface area contributed by atoms with E-state index < -0.39 is 24.4 Å². The number of fused-ring (bicyclic) bond motifs is 2. The van der Waals surface area contributed by atoms with Crippen molar-refractivity contribution < 1.29 is 57.8 Å². The molecule has 12 heteroatoms. The first-order valence-electron chi connectivity index (χ1n) is 8.99. The number of esters is 1. The second-order valence-electron chi connectivity index (χ2n) is 6.47. The van der Waals surface area contributed by atoms with Crippen LogP contribution >= 0.6 is 0 Å². The third-order valence-corrected chi connectivity index (χ3v) is 4.64. The normalized spacial score (nSPS) is 15.3. The predicted molar refractivity (Wildman–Crippen MR) is 102 cm³/mol. The molecule has 0 aliphatic carbocycles. The number of aromatic carboxylic acids is 2. The summed E-state index contributed by atoms with van der Waals surface area (Å²) in [5.74, 6) is -3.70. The molecule has 2 aromatic carbocycles. The maximum Gasteiger partial charge on any atom is 0.409 e. The molecule has 0 saturated carbocycles. The van der Waals surface area contributed by atoms with E-state index in [4.69, 9.17) is 33.2 Å². The van der Waals surface area contributed by atoms with Crippen molar-refractivity contribution in [3.63, 3.8) is 0 Å². The summed E-state index contributed by atoms with van der Waals surface area (Å²) in [5, 5.41) is 19.7. The molecule has 168 valence electrons. The Hall–Kier alpha value is -4.35. The van der Waals surface area contributed by atoms with Crippen LogP contribution in [0.3, 0.4) is 0 Å². The molecule has 2 N–H and O–H groups in total. The summed E-state index contributed by atoms with van der Waals surface area (Å²) in [7, 11) is 2.50. The van der Waals surface area contributed by atoms with Crippen molar-refractivity contribution in [3.8, 4) is 45.6 Å². The van der Waals surface area contributed by atoms with Crippen LogP contribution in [0.4, 0.5) is 0 Å². The number of carbonyl (C=O) groups excluding carboxylic acids is 1. The van der Waals surface area contributed by atoms with Crippen molar-refractivity contribution >= 4 is 17.9 Å². The van der Waals surface area contributed by atoms with Gasteiger partial charge in [-0.25, -0.2) is 9.59 Å². The van der Waals surface area contributed by atoms with Crippen LogP contribution in [0.25, 0.3) is 11.1 Å². The highest BCUT2D eigenvalue weighted by molar-refractivity contribution is 6.07. The van der Waals surface area contributed by atoms with Gasteiger partial charge in [-0.2, -0.15) is 0 Å². The average Bonchev–Trinajstić information content (AvgIpc) is 3.36. The molecule has 2 aromatic rings. The number of ether oxygens (including phenoxy) is 7. The van der Waals surface area contributed by atoms with Gasteiger partial charge in [0.1, 0.15) is 0 Å². The Morgan fingerprint density at radius 2 is 1.44 bits per heavy atom. The largest absolute Gasteiger partial charge is 0.492 e. The maximum absolute atomic E-state index is 12.2. The monoisotopic (exact) mass is 448 g/mol. The van der Waals surface area contributed by atoms with Crippen LogP contribution in [-0.4, -0.2) is 55.6 Å². The standard InChI is InChI=1S/C20H16O12/c1-7(21)30-20-31-11-5-9(19(24)25)13(17(27-3)15(11)32-20)12-8(18(22)23)4-10-14(16(12)26-2)29-6-28-10/h4-5,20H,6H2,1-3H3,(H,22,23)(H,24,25). The molecular weight excluding hydrogens is 432 g/mol. The number of benzene rings is 2. The lowest BCUT2D eigenvalue weighted by molar-refractivity contribution is -0.192. The molecule has 0 spiro atoms. The number of carbonyl (C=O) groups is 3. The molecular formula is C20H16O12. The number of methoxy groups -OCH3 is 2. The summed E-state index contributed by atoms with van der Waals surface area (Å²) in [6, 6.07) is 2.30. The van der Waals surface area contributed by atoms with E-state index in [1.807, 2.05) is 0 Å². The van der Waals surface area contributed by atoms with Gasteiger partial charge in [-0.15, -0.1) is 0 Å². The van der Waals surface area contributed by atoms with Gasteiger partial charge in [0.05, 0.1) is 25.3 Å². The fraction of sp³-hybridized carbons (Fsp3) is 0.250. The molecule has 0 amide bonds. The van der Waals surface area contributed by atoms with Crippen molar-refractivity contribution in [2.75, 3.05) is 21.0 Å². The van der Waals surface area contributed by atoms with Crippen LogP contribution in [0.15, 0.2) is 12.1 Å². The third kappa shape index (κ3) is 3.21. The van der Waals surface area contributed by atoms with Gasteiger partial charge in [-0.1, -0.05) is 0 Å². The SMILES string of the molecule is COc1c2c(cc(C(=O)O)c1-c1c(C(=O)O)cc3c(c1OC)OC(OC(C)=O)O3)OCO2. The van der Waals surface area contributed by atoms with E-state index in [1.54, 1.807) is 0 Å². The predicted octanol–water partition coefficient (Wildman–Crippen LogP) is 2.11. The van der Waals surface area contributed by atoms with E-state index >= 15 is 0 Å². The van der Waals surface area contributed by atoms with E-state index in [-0.39, 0.29) is 63.5 Å². The lowest BCUT2D eigenvalue weighted by Gasteiger charge is -2.19. The zero-order valence-corrected chi connectivity index (χ0v) is 16.9. The van der Waals surface area contributed by atoms with Gasteiger partial charge in [0.2, 0.25) is 18.3 Å². The fourth-order valence-corrected chi connectivity index (χ4v) is 3.46. The number of carboxylic acids is 2.